The van der Waals surface area contributed by atoms with Gasteiger partial charge in [-0.1, -0.05) is 13.0 Å². The highest BCUT2D eigenvalue weighted by Crippen LogP contribution is 2.21. The lowest BCUT2D eigenvalue weighted by molar-refractivity contribution is 0.318. The largest absolute Gasteiger partial charge is 0.398 e. The number of nitrogen functional groups attached to an aromatic ring is 1. The summed E-state index contributed by atoms with van der Waals surface area (Å²) in [6.45, 7) is 3.82. The van der Waals surface area contributed by atoms with Crippen LogP contribution in [0.25, 0.3) is 0 Å². The predicted molar refractivity (Wildman–Crippen MR) is 59.0 cm³/mol. The van der Waals surface area contributed by atoms with E-state index in [0.29, 0.717) is 6.42 Å². The van der Waals surface area contributed by atoms with Crippen LogP contribution in [0.4, 0.5) is 5.69 Å². The Labute approximate surface area is 90.2 Å². The van der Waals surface area contributed by atoms with E-state index in [1.165, 1.54) is 6.07 Å². The molecule has 1 rings (SSSR count). The van der Waals surface area contributed by atoms with E-state index in [2.05, 4.69) is 0 Å². The molecule has 0 fully saturated rings. The minimum Gasteiger partial charge on any atom is -0.398 e. The van der Waals surface area contributed by atoms with Crippen molar-refractivity contribution in [2.45, 2.75) is 25.2 Å². The molecule has 0 radical (unpaired) electrons. The molecule has 1 aromatic carbocycles. The summed E-state index contributed by atoms with van der Waals surface area (Å²) in [5, 5.41) is 0. The summed E-state index contributed by atoms with van der Waals surface area (Å²) in [5.74, 6) is 0. The number of hydrogen-bond donors (Lipinski definition) is 1. The summed E-state index contributed by atoms with van der Waals surface area (Å²) in [7, 11) is -3.70. The van der Waals surface area contributed by atoms with Crippen molar-refractivity contribution in [3.8, 4) is 0 Å². The van der Waals surface area contributed by atoms with Gasteiger partial charge in [0, 0.05) is 0 Å². The molecular weight excluding hydrogens is 214 g/mol. The van der Waals surface area contributed by atoms with Crippen LogP contribution in [0.15, 0.2) is 23.1 Å². The lowest BCUT2D eigenvalue weighted by Crippen LogP contribution is -2.09. The summed E-state index contributed by atoms with van der Waals surface area (Å²) in [6, 6.07) is 4.84. The lowest BCUT2D eigenvalue weighted by atomic mass is 10.2. The molecule has 2 N–H and O–H groups in total. The highest BCUT2D eigenvalue weighted by Gasteiger charge is 2.17. The monoisotopic (exact) mass is 229 g/mol. The molecule has 0 bridgehead atoms. The van der Waals surface area contributed by atoms with Gasteiger partial charge in [0.05, 0.1) is 12.3 Å². The molecule has 5 heteroatoms. The second kappa shape index (κ2) is 4.63. The molecule has 0 unspecified atom stereocenters. The van der Waals surface area contributed by atoms with Crippen LogP contribution >= 0.6 is 0 Å². The van der Waals surface area contributed by atoms with Crippen LogP contribution in [0.1, 0.15) is 18.9 Å². The minimum atomic E-state index is -3.70. The minimum absolute atomic E-state index is 0.0518. The molecule has 15 heavy (non-hydrogen) atoms. The molecule has 1 aromatic rings. The van der Waals surface area contributed by atoms with Crippen molar-refractivity contribution < 1.29 is 12.6 Å². The van der Waals surface area contributed by atoms with E-state index < -0.39 is 10.1 Å². The maximum absolute atomic E-state index is 11.7. The van der Waals surface area contributed by atoms with Crippen LogP contribution in [-0.2, 0) is 14.3 Å². The molecular formula is C10H15NO3S. The number of nitrogens with two attached hydrogens (primary N) is 1. The number of anilines is 1. The first-order chi connectivity index (χ1) is 6.97. The van der Waals surface area contributed by atoms with E-state index in [1.54, 1.807) is 19.1 Å². The fourth-order valence-corrected chi connectivity index (χ4v) is 2.31. The van der Waals surface area contributed by atoms with Gasteiger partial charge < -0.3 is 5.73 Å². The number of aryl methyl sites for hydroxylation is 1. The first-order valence-electron chi connectivity index (χ1n) is 4.73. The molecule has 0 aliphatic rings. The van der Waals surface area contributed by atoms with Gasteiger partial charge in [0.25, 0.3) is 10.1 Å². The Kier molecular flexibility index (Phi) is 3.71. The van der Waals surface area contributed by atoms with Gasteiger partial charge in [-0.25, -0.2) is 0 Å². The zero-order valence-corrected chi connectivity index (χ0v) is 9.67. The van der Waals surface area contributed by atoms with Crippen molar-refractivity contribution in [1.29, 1.82) is 0 Å². The first-order valence-corrected chi connectivity index (χ1v) is 6.13. The van der Waals surface area contributed by atoms with Crippen LogP contribution in [0.3, 0.4) is 0 Å². The van der Waals surface area contributed by atoms with Crippen molar-refractivity contribution in [2.75, 3.05) is 12.3 Å². The van der Waals surface area contributed by atoms with Gasteiger partial charge in [-0.15, -0.1) is 0 Å². The average Bonchev–Trinajstić information content (AvgIpc) is 2.18. The zero-order chi connectivity index (χ0) is 11.5. The standard InChI is InChI=1S/C10H15NO3S/c1-3-6-14-15(12,13)10-7-8(2)4-5-9(10)11/h4-5,7H,3,6,11H2,1-2H3. The predicted octanol–water partition coefficient (Wildman–Crippen LogP) is 1.69. The van der Waals surface area contributed by atoms with Crippen LogP contribution in [0, 0.1) is 6.92 Å². The molecule has 0 aliphatic carbocycles. The van der Waals surface area contributed by atoms with Crippen molar-refractivity contribution >= 4 is 15.8 Å². The highest BCUT2D eigenvalue weighted by atomic mass is 32.2. The summed E-state index contributed by atoms with van der Waals surface area (Å²) < 4.78 is 28.1. The smallest absolute Gasteiger partial charge is 0.299 e. The topological polar surface area (TPSA) is 69.4 Å². The molecule has 0 saturated heterocycles. The lowest BCUT2D eigenvalue weighted by Gasteiger charge is -2.07. The Balaban J connectivity index is 3.09. The Morgan fingerprint density at radius 1 is 1.40 bits per heavy atom. The van der Waals surface area contributed by atoms with E-state index in [-0.39, 0.29) is 17.2 Å². The molecule has 4 nitrogen and oxygen atoms in total. The fourth-order valence-electron chi connectivity index (χ4n) is 1.11. The van der Waals surface area contributed by atoms with E-state index in [1.807, 2.05) is 6.92 Å². The van der Waals surface area contributed by atoms with Gasteiger partial charge >= 0.3 is 0 Å². The Morgan fingerprint density at radius 2 is 2.07 bits per heavy atom. The first kappa shape index (κ1) is 12.0. The highest BCUT2D eigenvalue weighted by molar-refractivity contribution is 7.87. The van der Waals surface area contributed by atoms with Crippen molar-refractivity contribution in [3.63, 3.8) is 0 Å². The third kappa shape index (κ3) is 2.94. The number of hydrogen-bond acceptors (Lipinski definition) is 4. The molecule has 0 aromatic heterocycles. The quantitative estimate of drug-likeness (QED) is 0.630. The molecule has 0 amide bonds. The maximum Gasteiger partial charge on any atom is 0.299 e. The van der Waals surface area contributed by atoms with Gasteiger partial charge in [0.1, 0.15) is 4.90 Å². The van der Waals surface area contributed by atoms with Crippen LogP contribution in [-0.4, -0.2) is 15.0 Å². The second-order valence-corrected chi connectivity index (χ2v) is 4.90. The third-order valence-electron chi connectivity index (χ3n) is 1.88. The van der Waals surface area contributed by atoms with Crippen molar-refractivity contribution in [1.82, 2.24) is 0 Å². The number of benzene rings is 1. The van der Waals surface area contributed by atoms with E-state index in [9.17, 15) is 8.42 Å². The summed E-state index contributed by atoms with van der Waals surface area (Å²) in [5.41, 5.74) is 6.64. The Hall–Kier alpha value is -1.07. The number of rotatable bonds is 4. The zero-order valence-electron chi connectivity index (χ0n) is 8.86. The van der Waals surface area contributed by atoms with Crippen molar-refractivity contribution in [2.24, 2.45) is 0 Å². The summed E-state index contributed by atoms with van der Waals surface area (Å²) in [6.07, 6.45) is 0.644. The third-order valence-corrected chi connectivity index (χ3v) is 3.25. The Morgan fingerprint density at radius 3 is 2.67 bits per heavy atom. The molecule has 0 atom stereocenters. The molecule has 0 heterocycles. The van der Waals surface area contributed by atoms with E-state index in [4.69, 9.17) is 9.92 Å². The molecule has 84 valence electrons. The van der Waals surface area contributed by atoms with Gasteiger partial charge in [-0.2, -0.15) is 8.42 Å². The van der Waals surface area contributed by atoms with Crippen LogP contribution in [0.5, 0.6) is 0 Å². The van der Waals surface area contributed by atoms with Crippen LogP contribution < -0.4 is 5.73 Å². The van der Waals surface area contributed by atoms with Gasteiger partial charge in [0.2, 0.25) is 0 Å². The SMILES string of the molecule is CCCOS(=O)(=O)c1cc(C)ccc1N. The molecule has 0 spiro atoms. The van der Waals surface area contributed by atoms with E-state index >= 15 is 0 Å². The normalized spacial score (nSPS) is 11.6. The van der Waals surface area contributed by atoms with Crippen molar-refractivity contribution in [3.05, 3.63) is 23.8 Å². The Bertz CT molecular complexity index is 440. The van der Waals surface area contributed by atoms with Gasteiger partial charge in [0.15, 0.2) is 0 Å². The summed E-state index contributed by atoms with van der Waals surface area (Å²) in [4.78, 5) is 0.0518. The molecule has 0 saturated carbocycles. The molecule has 0 aliphatic heterocycles. The maximum atomic E-state index is 11.7. The van der Waals surface area contributed by atoms with E-state index in [0.717, 1.165) is 5.56 Å². The van der Waals surface area contributed by atoms with Gasteiger partial charge in [-0.3, -0.25) is 4.18 Å². The average molecular weight is 229 g/mol. The summed E-state index contributed by atoms with van der Waals surface area (Å²) >= 11 is 0. The second-order valence-electron chi connectivity index (χ2n) is 3.32. The van der Waals surface area contributed by atoms with Crippen LogP contribution in [0.2, 0.25) is 0 Å². The fraction of sp³-hybridized carbons (Fsp3) is 0.400. The van der Waals surface area contributed by atoms with Gasteiger partial charge in [-0.05, 0) is 31.0 Å².